The Hall–Kier alpha value is 0. The van der Waals surface area contributed by atoms with Gasteiger partial charge in [0.2, 0.25) is 0 Å². The molecule has 0 aliphatic heterocycles. The standard InChI is InChI=1S/C26H46/c1-2-3-4-5-6-7-10-20-13-16-24-22(19-20)15-18-25-23-12-9-8-11-21(23)14-17-26(24)25/h20-26H,2-19H2,1H3. The van der Waals surface area contributed by atoms with Crippen molar-refractivity contribution in [3.63, 3.8) is 0 Å². The van der Waals surface area contributed by atoms with Gasteiger partial charge >= 0.3 is 0 Å². The van der Waals surface area contributed by atoms with Crippen molar-refractivity contribution in [3.05, 3.63) is 0 Å². The van der Waals surface area contributed by atoms with Gasteiger partial charge in [0.05, 0.1) is 0 Å². The van der Waals surface area contributed by atoms with Gasteiger partial charge in [-0.2, -0.15) is 0 Å². The predicted octanol–water partition coefficient (Wildman–Crippen LogP) is 8.40. The number of fused-ring (bicyclic) bond motifs is 5. The molecule has 4 aliphatic carbocycles. The molecule has 0 bridgehead atoms. The average Bonchev–Trinajstić information content (AvgIpc) is 2.70. The van der Waals surface area contributed by atoms with Crippen molar-refractivity contribution in [2.45, 2.75) is 122 Å². The Balaban J connectivity index is 1.23. The van der Waals surface area contributed by atoms with Crippen LogP contribution in [0.2, 0.25) is 0 Å². The Labute approximate surface area is 164 Å². The SMILES string of the molecule is CCCCCCCCC1CCC2C(CCC3C4CCCCC4CCC23)C1. The lowest BCUT2D eigenvalue weighted by Crippen LogP contribution is -2.46. The minimum Gasteiger partial charge on any atom is -0.0654 e. The first-order valence-electron chi connectivity index (χ1n) is 12.9. The largest absolute Gasteiger partial charge is 0.0654 e. The molecular formula is C26H46. The molecule has 0 amide bonds. The molecule has 4 saturated carbocycles. The van der Waals surface area contributed by atoms with E-state index < -0.39 is 0 Å². The normalized spacial score (nSPS) is 42.6. The van der Waals surface area contributed by atoms with Crippen molar-refractivity contribution < 1.29 is 0 Å². The van der Waals surface area contributed by atoms with Gasteiger partial charge in [-0.15, -0.1) is 0 Å². The lowest BCUT2D eigenvalue weighted by Gasteiger charge is -2.55. The van der Waals surface area contributed by atoms with Gasteiger partial charge in [-0.05, 0) is 86.4 Å². The maximum atomic E-state index is 2.33. The summed E-state index contributed by atoms with van der Waals surface area (Å²) in [5.41, 5.74) is 0. The van der Waals surface area contributed by atoms with Crippen LogP contribution in [0.25, 0.3) is 0 Å². The molecule has 26 heavy (non-hydrogen) atoms. The quantitative estimate of drug-likeness (QED) is 0.401. The highest BCUT2D eigenvalue weighted by Crippen LogP contribution is 2.57. The van der Waals surface area contributed by atoms with Gasteiger partial charge in [0, 0.05) is 0 Å². The first-order valence-corrected chi connectivity index (χ1v) is 12.9. The van der Waals surface area contributed by atoms with Gasteiger partial charge in [-0.3, -0.25) is 0 Å². The molecule has 7 unspecified atom stereocenters. The van der Waals surface area contributed by atoms with Crippen molar-refractivity contribution in [1.29, 1.82) is 0 Å². The Morgan fingerprint density at radius 3 is 2.04 bits per heavy atom. The van der Waals surface area contributed by atoms with Crippen LogP contribution in [-0.4, -0.2) is 0 Å². The number of unbranched alkanes of at least 4 members (excludes halogenated alkanes) is 5. The first kappa shape index (κ1) is 19.3. The minimum atomic E-state index is 1.10. The van der Waals surface area contributed by atoms with Crippen LogP contribution in [-0.2, 0) is 0 Å². The second-order valence-corrected chi connectivity index (χ2v) is 10.9. The third-order valence-corrected chi connectivity index (χ3v) is 9.48. The number of hydrogen-bond donors (Lipinski definition) is 0. The van der Waals surface area contributed by atoms with Gasteiger partial charge in [-0.1, -0.05) is 77.6 Å². The molecule has 0 heteroatoms. The van der Waals surface area contributed by atoms with Crippen molar-refractivity contribution in [2.75, 3.05) is 0 Å². The summed E-state index contributed by atoms with van der Waals surface area (Å²) in [7, 11) is 0. The Bertz CT molecular complexity index is 412. The van der Waals surface area contributed by atoms with E-state index in [0.29, 0.717) is 0 Å². The predicted molar refractivity (Wildman–Crippen MR) is 113 cm³/mol. The van der Waals surface area contributed by atoms with Gasteiger partial charge in [-0.25, -0.2) is 0 Å². The van der Waals surface area contributed by atoms with Gasteiger partial charge in [0.15, 0.2) is 0 Å². The summed E-state index contributed by atoms with van der Waals surface area (Å²) in [6.45, 7) is 2.33. The Morgan fingerprint density at radius 2 is 1.19 bits per heavy atom. The first-order chi connectivity index (χ1) is 12.9. The van der Waals surface area contributed by atoms with Crippen LogP contribution >= 0.6 is 0 Å². The van der Waals surface area contributed by atoms with E-state index in [4.69, 9.17) is 0 Å². The fourth-order valence-electron chi connectivity index (χ4n) is 8.22. The zero-order valence-electron chi connectivity index (χ0n) is 17.8. The highest BCUT2D eigenvalue weighted by molar-refractivity contribution is 4.98. The summed E-state index contributed by atoms with van der Waals surface area (Å²) in [6, 6.07) is 0. The zero-order valence-corrected chi connectivity index (χ0v) is 17.8. The van der Waals surface area contributed by atoms with Crippen LogP contribution in [0.3, 0.4) is 0 Å². The van der Waals surface area contributed by atoms with Crippen LogP contribution in [0.4, 0.5) is 0 Å². The average molecular weight is 359 g/mol. The van der Waals surface area contributed by atoms with Crippen molar-refractivity contribution in [3.8, 4) is 0 Å². The topological polar surface area (TPSA) is 0 Å². The van der Waals surface area contributed by atoms with E-state index in [2.05, 4.69) is 6.92 Å². The van der Waals surface area contributed by atoms with Crippen molar-refractivity contribution in [1.82, 2.24) is 0 Å². The summed E-state index contributed by atoms with van der Waals surface area (Å²) >= 11 is 0. The van der Waals surface area contributed by atoms with Gasteiger partial charge in [0.25, 0.3) is 0 Å². The molecule has 4 aliphatic rings. The highest BCUT2D eigenvalue weighted by atomic mass is 14.5. The van der Waals surface area contributed by atoms with E-state index >= 15 is 0 Å². The van der Waals surface area contributed by atoms with E-state index in [1.54, 1.807) is 77.0 Å². The molecule has 0 saturated heterocycles. The fraction of sp³-hybridized carbons (Fsp3) is 1.00. The summed E-state index contributed by atoms with van der Waals surface area (Å²) < 4.78 is 0. The number of rotatable bonds is 7. The van der Waals surface area contributed by atoms with Gasteiger partial charge < -0.3 is 0 Å². The summed E-state index contributed by atoms with van der Waals surface area (Å²) in [5, 5.41) is 0. The van der Waals surface area contributed by atoms with Crippen LogP contribution in [0, 0.1) is 41.4 Å². The van der Waals surface area contributed by atoms with E-state index in [0.717, 1.165) is 41.4 Å². The molecule has 0 heterocycles. The van der Waals surface area contributed by atoms with Crippen molar-refractivity contribution in [2.24, 2.45) is 41.4 Å². The molecule has 0 spiro atoms. The molecular weight excluding hydrogens is 312 g/mol. The van der Waals surface area contributed by atoms with E-state index in [9.17, 15) is 0 Å². The van der Waals surface area contributed by atoms with Crippen LogP contribution < -0.4 is 0 Å². The molecule has 0 aromatic heterocycles. The maximum absolute atomic E-state index is 2.33. The summed E-state index contributed by atoms with van der Waals surface area (Å²) in [5.74, 6) is 8.00. The van der Waals surface area contributed by atoms with Crippen LogP contribution in [0.5, 0.6) is 0 Å². The second kappa shape index (κ2) is 9.47. The third-order valence-electron chi connectivity index (χ3n) is 9.48. The summed E-state index contributed by atoms with van der Waals surface area (Å²) in [6.07, 6.45) is 28.0. The van der Waals surface area contributed by atoms with Crippen LogP contribution in [0.15, 0.2) is 0 Å². The second-order valence-electron chi connectivity index (χ2n) is 10.9. The molecule has 0 N–H and O–H groups in total. The molecule has 0 aromatic carbocycles. The molecule has 4 rings (SSSR count). The number of hydrogen-bond acceptors (Lipinski definition) is 0. The van der Waals surface area contributed by atoms with Crippen molar-refractivity contribution >= 4 is 0 Å². The molecule has 150 valence electrons. The Morgan fingerprint density at radius 1 is 0.538 bits per heavy atom. The lowest BCUT2D eigenvalue weighted by molar-refractivity contribution is -0.0493. The Kier molecular flexibility index (Phi) is 7.04. The van der Waals surface area contributed by atoms with E-state index in [-0.39, 0.29) is 0 Å². The summed E-state index contributed by atoms with van der Waals surface area (Å²) in [4.78, 5) is 0. The minimum absolute atomic E-state index is 1.10. The molecule has 7 atom stereocenters. The fourth-order valence-corrected chi connectivity index (χ4v) is 8.22. The monoisotopic (exact) mass is 358 g/mol. The van der Waals surface area contributed by atoms with Gasteiger partial charge in [0.1, 0.15) is 0 Å². The van der Waals surface area contributed by atoms with E-state index in [1.165, 1.54) is 38.5 Å². The highest BCUT2D eigenvalue weighted by Gasteiger charge is 2.48. The van der Waals surface area contributed by atoms with Crippen LogP contribution in [0.1, 0.15) is 122 Å². The molecule has 0 aromatic rings. The molecule has 0 nitrogen and oxygen atoms in total. The lowest BCUT2D eigenvalue weighted by atomic mass is 9.51. The molecule has 4 fully saturated rings. The van der Waals surface area contributed by atoms with E-state index in [1.807, 2.05) is 0 Å². The molecule has 0 radical (unpaired) electrons. The third kappa shape index (κ3) is 4.35. The smallest absolute Gasteiger partial charge is 0.0352 e. The zero-order chi connectivity index (χ0) is 17.8. The maximum Gasteiger partial charge on any atom is -0.0352 e.